The van der Waals surface area contributed by atoms with Crippen molar-refractivity contribution < 1.29 is 32.2 Å². The zero-order chi connectivity index (χ0) is 21.6. The van der Waals surface area contributed by atoms with Gasteiger partial charge < -0.3 is 14.2 Å². The molecule has 8 nitrogen and oxygen atoms in total. The summed E-state index contributed by atoms with van der Waals surface area (Å²) in [6.45, 7) is 0.833. The number of esters is 2. The maximum Gasteiger partial charge on any atom is 0.338 e. The first kappa shape index (κ1) is 21.9. The predicted molar refractivity (Wildman–Crippen MR) is 108 cm³/mol. The van der Waals surface area contributed by atoms with Gasteiger partial charge in [0, 0.05) is 13.2 Å². The van der Waals surface area contributed by atoms with Crippen LogP contribution in [0.25, 0.3) is 0 Å². The summed E-state index contributed by atoms with van der Waals surface area (Å²) in [5.41, 5.74) is 1.21. The number of hydrogen-bond acceptors (Lipinski definition) is 7. The van der Waals surface area contributed by atoms with Crippen LogP contribution in [-0.2, 0) is 30.8 Å². The lowest BCUT2D eigenvalue weighted by Crippen LogP contribution is -2.31. The Bertz CT molecular complexity index is 996. The minimum absolute atomic E-state index is 0.0351. The average molecular weight is 433 g/mol. The number of hydrogen-bond donors (Lipinski definition) is 1. The number of sulfonamides is 1. The first-order valence-electron chi connectivity index (χ1n) is 9.45. The van der Waals surface area contributed by atoms with Crippen LogP contribution < -0.4 is 4.72 Å². The number of rotatable bonds is 8. The van der Waals surface area contributed by atoms with Crippen LogP contribution in [0.2, 0.25) is 0 Å². The maximum absolute atomic E-state index is 12.4. The van der Waals surface area contributed by atoms with Gasteiger partial charge in [0.05, 0.1) is 29.2 Å². The van der Waals surface area contributed by atoms with E-state index in [9.17, 15) is 18.0 Å². The Morgan fingerprint density at radius 2 is 1.87 bits per heavy atom. The van der Waals surface area contributed by atoms with Crippen molar-refractivity contribution in [3.05, 3.63) is 65.2 Å². The van der Waals surface area contributed by atoms with E-state index in [-0.39, 0.29) is 29.7 Å². The third kappa shape index (κ3) is 5.65. The number of benzene rings is 2. The lowest BCUT2D eigenvalue weighted by Gasteiger charge is -2.11. The topological polar surface area (TPSA) is 108 Å². The Kier molecular flexibility index (Phi) is 7.20. The highest BCUT2D eigenvalue weighted by Gasteiger charge is 2.20. The van der Waals surface area contributed by atoms with Crippen LogP contribution in [0.5, 0.6) is 0 Å². The smallest absolute Gasteiger partial charge is 0.338 e. The van der Waals surface area contributed by atoms with Gasteiger partial charge in [-0.2, -0.15) is 0 Å². The molecule has 1 fully saturated rings. The molecule has 0 saturated carbocycles. The highest BCUT2D eigenvalue weighted by atomic mass is 32.2. The molecule has 9 heteroatoms. The number of methoxy groups -OCH3 is 1. The Balaban J connectivity index is 1.57. The molecule has 0 aliphatic carbocycles. The molecule has 160 valence electrons. The van der Waals surface area contributed by atoms with E-state index >= 15 is 0 Å². The van der Waals surface area contributed by atoms with Crippen molar-refractivity contribution in [2.75, 3.05) is 20.3 Å². The van der Waals surface area contributed by atoms with Crippen LogP contribution in [0.15, 0.2) is 53.4 Å². The van der Waals surface area contributed by atoms with E-state index in [0.29, 0.717) is 17.7 Å². The molecular weight excluding hydrogens is 410 g/mol. The fourth-order valence-corrected chi connectivity index (χ4v) is 4.07. The largest absolute Gasteiger partial charge is 0.465 e. The van der Waals surface area contributed by atoms with E-state index in [1.54, 1.807) is 24.3 Å². The normalized spacial score (nSPS) is 16.2. The highest BCUT2D eigenvalue weighted by Crippen LogP contribution is 2.15. The summed E-state index contributed by atoms with van der Waals surface area (Å²) < 4.78 is 42.6. The second-order valence-corrected chi connectivity index (χ2v) is 8.55. The van der Waals surface area contributed by atoms with Gasteiger partial charge in [-0.25, -0.2) is 22.7 Å². The van der Waals surface area contributed by atoms with Crippen LogP contribution in [0.3, 0.4) is 0 Å². The average Bonchev–Trinajstić information content (AvgIpc) is 3.30. The highest BCUT2D eigenvalue weighted by molar-refractivity contribution is 7.89. The number of ether oxygens (including phenoxy) is 3. The predicted octanol–water partition coefficient (Wildman–Crippen LogP) is 2.29. The zero-order valence-corrected chi connectivity index (χ0v) is 17.3. The summed E-state index contributed by atoms with van der Waals surface area (Å²) in [5.74, 6) is -1.08. The number of nitrogens with one attached hydrogen (secondary N) is 1. The van der Waals surface area contributed by atoms with E-state index in [4.69, 9.17) is 9.47 Å². The Morgan fingerprint density at radius 3 is 2.53 bits per heavy atom. The fraction of sp³-hybridized carbons (Fsp3) is 0.333. The van der Waals surface area contributed by atoms with Gasteiger partial charge in [-0.15, -0.1) is 0 Å². The van der Waals surface area contributed by atoms with Gasteiger partial charge in [-0.05, 0) is 54.8 Å². The first-order valence-corrected chi connectivity index (χ1v) is 10.9. The van der Waals surface area contributed by atoms with Gasteiger partial charge in [-0.3, -0.25) is 0 Å². The van der Waals surface area contributed by atoms with Gasteiger partial charge in [0.1, 0.15) is 6.61 Å². The first-order chi connectivity index (χ1) is 14.4. The lowest BCUT2D eigenvalue weighted by molar-refractivity contribution is 0.0472. The van der Waals surface area contributed by atoms with Gasteiger partial charge >= 0.3 is 11.9 Å². The third-order valence-corrected chi connectivity index (χ3v) is 6.08. The van der Waals surface area contributed by atoms with Gasteiger partial charge in [0.2, 0.25) is 10.0 Å². The second kappa shape index (κ2) is 9.84. The summed E-state index contributed by atoms with van der Waals surface area (Å²) in [6.07, 6.45) is 1.65. The minimum Gasteiger partial charge on any atom is -0.465 e. The third-order valence-electron chi connectivity index (χ3n) is 4.64. The molecule has 1 saturated heterocycles. The van der Waals surface area contributed by atoms with Crippen molar-refractivity contribution in [3.8, 4) is 0 Å². The standard InChI is InChI=1S/C21H23NO7S/c1-27-20(23)17-5-2-4-15(12-17)14-29-21(24)16-7-9-19(10-8-16)30(25,26)22-13-18-6-3-11-28-18/h2,4-5,7-10,12,18,22H,3,6,11,13-14H2,1H3. The van der Waals surface area contributed by atoms with Crippen molar-refractivity contribution in [1.29, 1.82) is 0 Å². The quantitative estimate of drug-likeness (QED) is 0.636. The van der Waals surface area contributed by atoms with Gasteiger partial charge in [0.15, 0.2) is 0 Å². The molecule has 1 aliphatic rings. The number of carbonyl (C=O) groups excluding carboxylic acids is 2. The van der Waals surface area contributed by atoms with E-state index in [1.165, 1.54) is 31.4 Å². The maximum atomic E-state index is 12.4. The molecule has 0 bridgehead atoms. The second-order valence-electron chi connectivity index (χ2n) is 6.78. The summed E-state index contributed by atoms with van der Waals surface area (Å²) in [7, 11) is -2.40. The lowest BCUT2D eigenvalue weighted by atomic mass is 10.1. The van der Waals surface area contributed by atoms with Crippen molar-refractivity contribution in [3.63, 3.8) is 0 Å². The molecule has 0 spiro atoms. The summed E-state index contributed by atoms with van der Waals surface area (Å²) in [5, 5.41) is 0. The van der Waals surface area contributed by atoms with E-state index in [1.807, 2.05) is 0 Å². The SMILES string of the molecule is COC(=O)c1cccc(COC(=O)c2ccc(S(=O)(=O)NCC3CCCO3)cc2)c1. The zero-order valence-electron chi connectivity index (χ0n) is 16.5. The molecule has 1 unspecified atom stereocenters. The van der Waals surface area contributed by atoms with E-state index in [0.717, 1.165) is 12.8 Å². The molecule has 1 heterocycles. The number of carbonyl (C=O) groups is 2. The monoisotopic (exact) mass is 433 g/mol. The van der Waals surface area contributed by atoms with Crippen molar-refractivity contribution in [2.45, 2.75) is 30.4 Å². The van der Waals surface area contributed by atoms with Gasteiger partial charge in [-0.1, -0.05) is 12.1 Å². The molecular formula is C21H23NO7S. The molecule has 0 radical (unpaired) electrons. The van der Waals surface area contributed by atoms with Crippen LogP contribution in [0, 0.1) is 0 Å². The molecule has 2 aromatic rings. The van der Waals surface area contributed by atoms with Crippen LogP contribution in [-0.4, -0.2) is 46.7 Å². The van der Waals surface area contributed by atoms with E-state index in [2.05, 4.69) is 9.46 Å². The Hall–Kier alpha value is -2.75. The minimum atomic E-state index is -3.69. The van der Waals surface area contributed by atoms with Crippen molar-refractivity contribution in [1.82, 2.24) is 4.72 Å². The van der Waals surface area contributed by atoms with Crippen molar-refractivity contribution in [2.24, 2.45) is 0 Å². The Labute approximate surface area is 175 Å². The Morgan fingerprint density at radius 1 is 1.10 bits per heavy atom. The molecule has 30 heavy (non-hydrogen) atoms. The molecule has 0 amide bonds. The summed E-state index contributed by atoms with van der Waals surface area (Å²) in [6, 6.07) is 12.1. The molecule has 3 rings (SSSR count). The fourth-order valence-electron chi connectivity index (χ4n) is 3.00. The summed E-state index contributed by atoms with van der Waals surface area (Å²) in [4.78, 5) is 23.9. The molecule has 1 N–H and O–H groups in total. The van der Waals surface area contributed by atoms with E-state index < -0.39 is 22.0 Å². The molecule has 0 aromatic heterocycles. The van der Waals surface area contributed by atoms with Crippen molar-refractivity contribution >= 4 is 22.0 Å². The summed E-state index contributed by atoms with van der Waals surface area (Å²) >= 11 is 0. The van der Waals surface area contributed by atoms with Gasteiger partial charge in [0.25, 0.3) is 0 Å². The molecule has 2 aromatic carbocycles. The molecule has 1 aliphatic heterocycles. The van der Waals surface area contributed by atoms with Crippen LogP contribution in [0.1, 0.15) is 39.1 Å². The van der Waals surface area contributed by atoms with Crippen LogP contribution in [0.4, 0.5) is 0 Å². The molecule has 1 atom stereocenters. The van der Waals surface area contributed by atoms with Crippen LogP contribution >= 0.6 is 0 Å².